The number of hydrogen-bond donors (Lipinski definition) is 0. The third-order valence-electron chi connectivity index (χ3n) is 3.90. The molecule has 0 spiro atoms. The molecule has 0 aliphatic rings. The highest BCUT2D eigenvalue weighted by atomic mass is 79.9. The first-order chi connectivity index (χ1) is 11.3. The van der Waals surface area contributed by atoms with Crippen LogP contribution in [0.1, 0.15) is 0 Å². The summed E-state index contributed by atoms with van der Waals surface area (Å²) in [6.45, 7) is 0. The van der Waals surface area contributed by atoms with E-state index in [4.69, 9.17) is 0 Å². The molecule has 2 nitrogen and oxygen atoms in total. The topological polar surface area (TPSA) is 17.0 Å². The van der Waals surface area contributed by atoms with E-state index in [9.17, 15) is 0 Å². The second-order valence-electron chi connectivity index (χ2n) is 5.34. The number of pyridine rings is 1. The largest absolute Gasteiger partial charge is 0.327 e. The Hall–Kier alpha value is -2.52. The van der Waals surface area contributed by atoms with Gasteiger partial charge in [-0.15, -0.1) is 0 Å². The zero-order valence-electron chi connectivity index (χ0n) is 12.4. The van der Waals surface area contributed by atoms with Gasteiger partial charge in [0.1, 0.15) is 11.9 Å². The maximum Gasteiger partial charge on any atom is 0.327 e. The Labute approximate surface area is 143 Å². The molecule has 0 aliphatic carbocycles. The van der Waals surface area contributed by atoms with Crippen LogP contribution in [0.5, 0.6) is 0 Å². The van der Waals surface area contributed by atoms with Gasteiger partial charge in [-0.3, -0.25) is 0 Å². The summed E-state index contributed by atoms with van der Waals surface area (Å²) in [4.78, 5) is 4.40. The summed E-state index contributed by atoms with van der Waals surface area (Å²) < 4.78 is 3.20. The standard InChI is InChI=1S/C20H14BrN2/c21-18-10-8-16(9-11-18)15-4-6-17(7-5-15)19-12-13-22-20-3-1-2-14-23(19)20/h1-14H/q+1. The van der Waals surface area contributed by atoms with Gasteiger partial charge >= 0.3 is 5.65 Å². The Kier molecular flexibility index (Phi) is 3.64. The molecule has 0 unspecified atom stereocenters. The van der Waals surface area contributed by atoms with Crippen molar-refractivity contribution < 1.29 is 4.40 Å². The summed E-state index contributed by atoms with van der Waals surface area (Å²) in [5, 5.41) is 0. The Morgan fingerprint density at radius 2 is 1.35 bits per heavy atom. The minimum absolute atomic E-state index is 0.946. The van der Waals surface area contributed by atoms with Crippen LogP contribution < -0.4 is 4.40 Å². The Morgan fingerprint density at radius 1 is 0.696 bits per heavy atom. The molecule has 0 saturated carbocycles. The first-order valence-corrected chi connectivity index (χ1v) is 8.22. The van der Waals surface area contributed by atoms with Gasteiger partial charge < -0.3 is 0 Å². The first-order valence-electron chi connectivity index (χ1n) is 7.43. The zero-order chi connectivity index (χ0) is 15.6. The molecule has 0 radical (unpaired) electrons. The molecule has 23 heavy (non-hydrogen) atoms. The molecule has 0 fully saturated rings. The predicted octanol–water partition coefficient (Wildman–Crippen LogP) is 4.92. The average molecular weight is 362 g/mol. The lowest BCUT2D eigenvalue weighted by atomic mass is 10.0. The third-order valence-corrected chi connectivity index (χ3v) is 4.42. The fourth-order valence-corrected chi connectivity index (χ4v) is 2.98. The highest BCUT2D eigenvalue weighted by Gasteiger charge is 2.10. The van der Waals surface area contributed by atoms with Crippen molar-refractivity contribution in [3.8, 4) is 22.4 Å². The van der Waals surface area contributed by atoms with Crippen LogP contribution in [0, 0.1) is 0 Å². The average Bonchev–Trinajstić information content (AvgIpc) is 2.62. The number of hydrogen-bond acceptors (Lipinski definition) is 1. The van der Waals surface area contributed by atoms with E-state index in [0.29, 0.717) is 0 Å². The summed E-state index contributed by atoms with van der Waals surface area (Å²) in [5.41, 5.74) is 5.69. The molecule has 2 aromatic carbocycles. The summed E-state index contributed by atoms with van der Waals surface area (Å²) in [7, 11) is 0. The van der Waals surface area contributed by atoms with Gasteiger partial charge in [0.25, 0.3) is 0 Å². The SMILES string of the molecule is Brc1ccc(-c2ccc(-c3ccnc4cccc[n+]34)cc2)cc1. The zero-order valence-corrected chi connectivity index (χ0v) is 13.9. The van der Waals surface area contributed by atoms with Gasteiger partial charge in [-0.05, 0) is 34.3 Å². The molecule has 0 N–H and O–H groups in total. The highest BCUT2D eigenvalue weighted by Crippen LogP contribution is 2.24. The third kappa shape index (κ3) is 2.76. The van der Waals surface area contributed by atoms with Crippen molar-refractivity contribution in [3.63, 3.8) is 0 Å². The van der Waals surface area contributed by atoms with Gasteiger partial charge in [0.2, 0.25) is 0 Å². The van der Waals surface area contributed by atoms with Crippen molar-refractivity contribution in [2.24, 2.45) is 0 Å². The predicted molar refractivity (Wildman–Crippen MR) is 96.0 cm³/mol. The molecule has 0 amide bonds. The van der Waals surface area contributed by atoms with Crippen LogP contribution in [-0.2, 0) is 0 Å². The monoisotopic (exact) mass is 361 g/mol. The van der Waals surface area contributed by atoms with Crippen LogP contribution in [0.3, 0.4) is 0 Å². The van der Waals surface area contributed by atoms with Crippen molar-refractivity contribution in [1.82, 2.24) is 4.98 Å². The highest BCUT2D eigenvalue weighted by molar-refractivity contribution is 9.10. The number of rotatable bonds is 2. The molecule has 4 rings (SSSR count). The molecule has 4 aromatic rings. The maximum absolute atomic E-state index is 4.40. The molecule has 0 bridgehead atoms. The van der Waals surface area contributed by atoms with E-state index >= 15 is 0 Å². The van der Waals surface area contributed by atoms with Crippen LogP contribution >= 0.6 is 15.9 Å². The number of aromatic nitrogens is 2. The minimum Gasteiger partial charge on any atom is -0.196 e. The van der Waals surface area contributed by atoms with Crippen molar-refractivity contribution in [1.29, 1.82) is 0 Å². The van der Waals surface area contributed by atoms with Crippen molar-refractivity contribution in [2.45, 2.75) is 0 Å². The van der Waals surface area contributed by atoms with E-state index in [-0.39, 0.29) is 0 Å². The smallest absolute Gasteiger partial charge is 0.196 e. The number of halogens is 1. The summed E-state index contributed by atoms with van der Waals surface area (Å²) >= 11 is 3.47. The number of benzene rings is 2. The van der Waals surface area contributed by atoms with Crippen LogP contribution in [-0.4, -0.2) is 4.98 Å². The van der Waals surface area contributed by atoms with Gasteiger partial charge in [-0.2, -0.15) is 4.40 Å². The molecular formula is C20H14BrN2+. The minimum atomic E-state index is 0.946. The van der Waals surface area contributed by atoms with Crippen LogP contribution in [0.15, 0.2) is 89.7 Å². The van der Waals surface area contributed by atoms with Gasteiger partial charge in [0, 0.05) is 22.2 Å². The second kappa shape index (κ2) is 5.94. The lowest BCUT2D eigenvalue weighted by Gasteiger charge is -2.05. The summed E-state index contributed by atoms with van der Waals surface area (Å²) in [5.74, 6) is 0. The van der Waals surface area contributed by atoms with Crippen molar-refractivity contribution >= 4 is 21.6 Å². The van der Waals surface area contributed by atoms with Crippen LogP contribution in [0.4, 0.5) is 0 Å². The van der Waals surface area contributed by atoms with E-state index in [1.54, 1.807) is 0 Å². The number of nitrogens with zero attached hydrogens (tertiary/aromatic N) is 2. The second-order valence-corrected chi connectivity index (χ2v) is 6.26. The van der Waals surface area contributed by atoms with Gasteiger partial charge in [0.15, 0.2) is 0 Å². The molecule has 0 saturated heterocycles. The fourth-order valence-electron chi connectivity index (χ4n) is 2.72. The quantitative estimate of drug-likeness (QED) is 0.463. The van der Waals surface area contributed by atoms with E-state index < -0.39 is 0 Å². The number of fused-ring (bicyclic) bond motifs is 1. The molecule has 110 valence electrons. The lowest BCUT2D eigenvalue weighted by Crippen LogP contribution is -2.25. The van der Waals surface area contributed by atoms with Gasteiger partial charge in [-0.25, -0.2) is 0 Å². The van der Waals surface area contributed by atoms with Gasteiger partial charge in [-0.1, -0.05) is 58.4 Å². The first kappa shape index (κ1) is 14.1. The van der Waals surface area contributed by atoms with Crippen LogP contribution in [0.2, 0.25) is 0 Å². The van der Waals surface area contributed by atoms with Gasteiger partial charge in [0.05, 0.1) is 6.20 Å². The Bertz CT molecular complexity index is 955. The molecule has 0 aliphatic heterocycles. The Morgan fingerprint density at radius 3 is 2.09 bits per heavy atom. The normalized spacial score (nSPS) is 10.8. The van der Waals surface area contributed by atoms with E-state index in [1.165, 1.54) is 16.7 Å². The molecule has 0 atom stereocenters. The fraction of sp³-hybridized carbons (Fsp3) is 0. The Balaban J connectivity index is 1.77. The molecular weight excluding hydrogens is 348 g/mol. The maximum atomic E-state index is 4.40. The van der Waals surface area contributed by atoms with Crippen LogP contribution in [0.25, 0.3) is 28.0 Å². The van der Waals surface area contributed by atoms with E-state index in [0.717, 1.165) is 15.8 Å². The lowest BCUT2D eigenvalue weighted by molar-refractivity contribution is -0.502. The van der Waals surface area contributed by atoms with Crippen molar-refractivity contribution in [3.05, 3.63) is 89.7 Å². The summed E-state index contributed by atoms with van der Waals surface area (Å²) in [6, 6.07) is 25.1. The van der Waals surface area contributed by atoms with E-state index in [1.807, 2.05) is 36.7 Å². The summed E-state index contributed by atoms with van der Waals surface area (Å²) in [6.07, 6.45) is 3.90. The van der Waals surface area contributed by atoms with Crippen molar-refractivity contribution in [2.75, 3.05) is 0 Å². The molecule has 3 heteroatoms. The van der Waals surface area contributed by atoms with E-state index in [2.05, 4.69) is 73.8 Å². The molecule has 2 aromatic heterocycles. The molecule has 2 heterocycles.